The van der Waals surface area contributed by atoms with Gasteiger partial charge in [0.05, 0.1) is 13.7 Å². The summed E-state index contributed by atoms with van der Waals surface area (Å²) in [5.74, 6) is -0.249. The number of hydrogen-bond donors (Lipinski definition) is 1. The van der Waals surface area contributed by atoms with Crippen LogP contribution < -0.4 is 0 Å². The lowest BCUT2D eigenvalue weighted by Crippen LogP contribution is -2.10. The summed E-state index contributed by atoms with van der Waals surface area (Å²) in [5.41, 5.74) is 5.83. The number of ether oxygens (including phenoxy) is 2. The van der Waals surface area contributed by atoms with Crippen LogP contribution in [0.3, 0.4) is 0 Å². The molecule has 1 N–H and O–H groups in total. The molecule has 0 aliphatic carbocycles. The van der Waals surface area contributed by atoms with E-state index in [-0.39, 0.29) is 17.7 Å². The molecule has 0 bridgehead atoms. The van der Waals surface area contributed by atoms with Crippen molar-refractivity contribution in [1.29, 1.82) is 0 Å². The molecule has 0 aliphatic heterocycles. The second-order valence-electron chi connectivity index (χ2n) is 7.83. The Kier molecular flexibility index (Phi) is 8.85. The first-order valence-corrected chi connectivity index (χ1v) is 10.4. The Balaban J connectivity index is 2.39. The van der Waals surface area contributed by atoms with Gasteiger partial charge in [0.25, 0.3) is 0 Å². The molecule has 2 aromatic carbocycles. The average molecular weight is 417 g/mol. The van der Waals surface area contributed by atoms with Gasteiger partial charge in [0.1, 0.15) is 11.6 Å². The molecule has 164 valence electrons. The highest BCUT2D eigenvalue weighted by Crippen LogP contribution is 2.42. The highest BCUT2D eigenvalue weighted by molar-refractivity contribution is 5.69. The maximum atomic E-state index is 13.5. The van der Waals surface area contributed by atoms with E-state index in [1.165, 1.54) is 19.2 Å². The van der Waals surface area contributed by atoms with Crippen LogP contribution in [0.2, 0.25) is 0 Å². The maximum absolute atomic E-state index is 13.5. The van der Waals surface area contributed by atoms with Crippen molar-refractivity contribution in [2.24, 2.45) is 0 Å². The molecule has 4 nitrogen and oxygen atoms in total. The number of aromatic hydroxyl groups is 1. The van der Waals surface area contributed by atoms with Gasteiger partial charge in [-0.05, 0) is 73.6 Å². The Labute approximate surface area is 179 Å². The van der Waals surface area contributed by atoms with Crippen LogP contribution in [0.1, 0.15) is 71.4 Å². The molecule has 2 aromatic rings. The van der Waals surface area contributed by atoms with Crippen molar-refractivity contribution in [3.05, 3.63) is 63.5 Å². The molecule has 0 radical (unpaired) electrons. The summed E-state index contributed by atoms with van der Waals surface area (Å²) < 4.78 is 23.7. The second kappa shape index (κ2) is 11.1. The highest BCUT2D eigenvalue weighted by Gasteiger charge is 2.25. The molecular weight excluding hydrogens is 383 g/mol. The van der Waals surface area contributed by atoms with Gasteiger partial charge in [-0.25, -0.2) is 4.39 Å². The molecule has 0 spiro atoms. The molecule has 0 fully saturated rings. The molecule has 1 unspecified atom stereocenters. The number of phenols is 1. The van der Waals surface area contributed by atoms with E-state index in [0.29, 0.717) is 18.8 Å². The Morgan fingerprint density at radius 1 is 1.00 bits per heavy atom. The number of carbonyl (C=O) groups is 1. The van der Waals surface area contributed by atoms with Gasteiger partial charge < -0.3 is 14.6 Å². The van der Waals surface area contributed by atoms with E-state index < -0.39 is 0 Å². The number of carbonyl (C=O) groups excluding carboxylic acids is 1. The first kappa shape index (κ1) is 23.9. The number of hydrogen-bond acceptors (Lipinski definition) is 4. The molecule has 0 amide bonds. The number of methoxy groups -OCH3 is 2. The van der Waals surface area contributed by atoms with E-state index in [1.807, 2.05) is 20.8 Å². The molecular formula is C25H33FO4. The van der Waals surface area contributed by atoms with Crippen molar-refractivity contribution in [1.82, 2.24) is 0 Å². The molecule has 1 atom stereocenters. The molecule has 0 aromatic heterocycles. The van der Waals surface area contributed by atoms with Crippen LogP contribution >= 0.6 is 0 Å². The number of benzene rings is 2. The van der Waals surface area contributed by atoms with Crippen molar-refractivity contribution in [3.8, 4) is 5.75 Å². The van der Waals surface area contributed by atoms with Crippen LogP contribution in [-0.2, 0) is 20.9 Å². The van der Waals surface area contributed by atoms with Crippen molar-refractivity contribution >= 4 is 5.97 Å². The van der Waals surface area contributed by atoms with Crippen molar-refractivity contribution in [2.75, 3.05) is 14.2 Å². The van der Waals surface area contributed by atoms with Gasteiger partial charge in [-0.3, -0.25) is 4.79 Å². The third-order valence-electron chi connectivity index (χ3n) is 5.99. The third kappa shape index (κ3) is 5.60. The molecule has 30 heavy (non-hydrogen) atoms. The molecule has 0 saturated heterocycles. The fourth-order valence-electron chi connectivity index (χ4n) is 4.08. The third-order valence-corrected chi connectivity index (χ3v) is 5.99. The summed E-state index contributed by atoms with van der Waals surface area (Å²) in [4.78, 5) is 11.3. The van der Waals surface area contributed by atoms with Crippen LogP contribution in [0.4, 0.5) is 4.39 Å². The fourth-order valence-corrected chi connectivity index (χ4v) is 4.08. The standard InChI is InChI=1S/C25H33FO4/c1-16-17(2)25(28)24(18(3)22(16)15-29-4)21(19-11-13-20(26)14-12-19)9-7-6-8-10-23(27)30-5/h11-14,21,28H,6-10,15H2,1-5H3. The zero-order valence-corrected chi connectivity index (χ0v) is 18.7. The van der Waals surface area contributed by atoms with Gasteiger partial charge in [0.2, 0.25) is 0 Å². The largest absolute Gasteiger partial charge is 0.507 e. The molecule has 0 heterocycles. The summed E-state index contributed by atoms with van der Waals surface area (Å²) in [6, 6.07) is 6.50. The van der Waals surface area contributed by atoms with Crippen LogP contribution in [0, 0.1) is 26.6 Å². The number of rotatable bonds is 10. The summed E-state index contributed by atoms with van der Waals surface area (Å²) in [6.45, 7) is 6.41. The van der Waals surface area contributed by atoms with Crippen LogP contribution in [0.5, 0.6) is 5.75 Å². The number of esters is 1. The lowest BCUT2D eigenvalue weighted by Gasteiger charge is -2.26. The summed E-state index contributed by atoms with van der Waals surface area (Å²) in [5, 5.41) is 11.1. The summed E-state index contributed by atoms with van der Waals surface area (Å²) in [7, 11) is 3.06. The van der Waals surface area contributed by atoms with E-state index in [2.05, 4.69) is 0 Å². The Morgan fingerprint density at radius 2 is 1.67 bits per heavy atom. The molecule has 0 saturated carbocycles. The first-order valence-electron chi connectivity index (χ1n) is 10.4. The zero-order chi connectivity index (χ0) is 22.3. The van der Waals surface area contributed by atoms with Gasteiger partial charge in [0, 0.05) is 25.0 Å². The second-order valence-corrected chi connectivity index (χ2v) is 7.83. The van der Waals surface area contributed by atoms with Gasteiger partial charge in [-0.1, -0.05) is 25.0 Å². The predicted octanol–water partition coefficient (Wildman–Crippen LogP) is 5.86. The van der Waals surface area contributed by atoms with Crippen molar-refractivity contribution < 1.29 is 23.8 Å². The first-order chi connectivity index (χ1) is 14.3. The van der Waals surface area contributed by atoms with Crippen molar-refractivity contribution in [2.45, 2.75) is 65.4 Å². The number of phenolic OH excluding ortho intramolecular Hbond substituents is 1. The van der Waals surface area contributed by atoms with E-state index in [9.17, 15) is 14.3 Å². The van der Waals surface area contributed by atoms with Gasteiger partial charge in [0.15, 0.2) is 0 Å². The van der Waals surface area contributed by atoms with Crippen LogP contribution in [0.15, 0.2) is 24.3 Å². The van der Waals surface area contributed by atoms with E-state index in [0.717, 1.165) is 59.1 Å². The SMILES string of the molecule is COCc1c(C)c(C)c(O)c(C(CCCCCC(=O)OC)c2ccc(F)cc2)c1C. The Hall–Kier alpha value is -2.40. The Morgan fingerprint density at radius 3 is 2.27 bits per heavy atom. The van der Waals surface area contributed by atoms with Gasteiger partial charge in [-0.2, -0.15) is 0 Å². The smallest absolute Gasteiger partial charge is 0.305 e. The lowest BCUT2D eigenvalue weighted by molar-refractivity contribution is -0.140. The molecule has 5 heteroatoms. The van der Waals surface area contributed by atoms with Crippen LogP contribution in [-0.4, -0.2) is 25.3 Å². The minimum Gasteiger partial charge on any atom is -0.507 e. The average Bonchev–Trinajstić information content (AvgIpc) is 2.74. The van der Waals surface area contributed by atoms with E-state index in [4.69, 9.17) is 9.47 Å². The fraction of sp³-hybridized carbons (Fsp3) is 0.480. The lowest BCUT2D eigenvalue weighted by atomic mass is 9.80. The zero-order valence-electron chi connectivity index (χ0n) is 18.7. The number of halogens is 1. The minimum absolute atomic E-state index is 0.0707. The van der Waals surface area contributed by atoms with E-state index in [1.54, 1.807) is 19.2 Å². The van der Waals surface area contributed by atoms with Gasteiger partial charge >= 0.3 is 5.97 Å². The highest BCUT2D eigenvalue weighted by atomic mass is 19.1. The minimum atomic E-state index is -0.281. The van der Waals surface area contributed by atoms with Crippen LogP contribution in [0.25, 0.3) is 0 Å². The van der Waals surface area contributed by atoms with Crippen molar-refractivity contribution in [3.63, 3.8) is 0 Å². The maximum Gasteiger partial charge on any atom is 0.305 e. The van der Waals surface area contributed by atoms with Gasteiger partial charge in [-0.15, -0.1) is 0 Å². The predicted molar refractivity (Wildman–Crippen MR) is 116 cm³/mol. The quantitative estimate of drug-likeness (QED) is 0.389. The molecule has 0 aliphatic rings. The normalized spacial score (nSPS) is 12.1. The number of unbranched alkanes of at least 4 members (excludes halogenated alkanes) is 2. The monoisotopic (exact) mass is 416 g/mol. The Bertz CT molecular complexity index is 859. The van der Waals surface area contributed by atoms with E-state index >= 15 is 0 Å². The summed E-state index contributed by atoms with van der Waals surface area (Å²) >= 11 is 0. The summed E-state index contributed by atoms with van der Waals surface area (Å²) in [6.07, 6.45) is 3.71. The molecule has 2 rings (SSSR count). The topological polar surface area (TPSA) is 55.8 Å².